The van der Waals surface area contributed by atoms with E-state index >= 15 is 0 Å². The quantitative estimate of drug-likeness (QED) is 0.447. The summed E-state index contributed by atoms with van der Waals surface area (Å²) in [5, 5.41) is 0. The van der Waals surface area contributed by atoms with Crippen LogP contribution < -0.4 is 0 Å². The molecule has 0 saturated heterocycles. The third kappa shape index (κ3) is 6.55. The molecular weight excluding hydrogens is 192 g/mol. The van der Waals surface area contributed by atoms with Crippen molar-refractivity contribution in [3.8, 4) is 0 Å². The fourth-order valence-corrected chi connectivity index (χ4v) is 3.21. The van der Waals surface area contributed by atoms with Crippen LogP contribution in [0.4, 0.5) is 0 Å². The minimum absolute atomic E-state index is 0.990. The summed E-state index contributed by atoms with van der Waals surface area (Å²) in [5.41, 5.74) is 0. The number of unbranched alkanes of at least 4 members (excludes halogenated alkanes) is 4. The van der Waals surface area contributed by atoms with Gasteiger partial charge in [0.1, 0.15) is 0 Å². The molecule has 1 aliphatic carbocycles. The fraction of sp³-hybridized carbons (Fsp3) is 1.00. The minimum Gasteiger partial charge on any atom is -0.0654 e. The summed E-state index contributed by atoms with van der Waals surface area (Å²) in [4.78, 5) is 0. The fourth-order valence-electron chi connectivity index (χ4n) is 3.21. The van der Waals surface area contributed by atoms with Crippen LogP contribution in [0.25, 0.3) is 0 Å². The Morgan fingerprint density at radius 2 is 1.62 bits per heavy atom. The topological polar surface area (TPSA) is 0 Å². The molecule has 1 rings (SSSR count). The lowest BCUT2D eigenvalue weighted by Crippen LogP contribution is -2.10. The van der Waals surface area contributed by atoms with E-state index in [2.05, 4.69) is 13.8 Å². The molecule has 0 bridgehead atoms. The van der Waals surface area contributed by atoms with E-state index in [0.717, 1.165) is 11.8 Å². The van der Waals surface area contributed by atoms with Crippen molar-refractivity contribution in [2.24, 2.45) is 11.8 Å². The second-order valence-corrected chi connectivity index (χ2v) is 6.05. The Kier molecular flexibility index (Phi) is 7.98. The molecule has 0 aliphatic heterocycles. The second kappa shape index (κ2) is 9.07. The van der Waals surface area contributed by atoms with Gasteiger partial charge in [0.25, 0.3) is 0 Å². The third-order valence-corrected chi connectivity index (χ3v) is 4.26. The zero-order chi connectivity index (χ0) is 11.6. The van der Waals surface area contributed by atoms with Crippen molar-refractivity contribution in [1.82, 2.24) is 0 Å². The second-order valence-electron chi connectivity index (χ2n) is 6.05. The molecular formula is C16H32. The van der Waals surface area contributed by atoms with Gasteiger partial charge in [-0.2, -0.15) is 0 Å². The zero-order valence-electron chi connectivity index (χ0n) is 11.6. The highest BCUT2D eigenvalue weighted by Crippen LogP contribution is 2.30. The van der Waals surface area contributed by atoms with Crippen LogP contribution in [0.1, 0.15) is 90.9 Å². The molecule has 96 valence electrons. The Labute approximate surface area is 103 Å². The molecule has 0 N–H and O–H groups in total. The van der Waals surface area contributed by atoms with Gasteiger partial charge in [-0.15, -0.1) is 0 Å². The van der Waals surface area contributed by atoms with E-state index in [1.54, 1.807) is 0 Å². The molecule has 1 aliphatic rings. The maximum atomic E-state index is 2.48. The average Bonchev–Trinajstić information content (AvgIpc) is 2.30. The lowest BCUT2D eigenvalue weighted by Gasteiger charge is -2.24. The normalized spacial score (nSPS) is 19.9. The molecule has 0 aromatic rings. The summed E-state index contributed by atoms with van der Waals surface area (Å²) in [5.74, 6) is 2.07. The Morgan fingerprint density at radius 1 is 0.938 bits per heavy atom. The molecule has 1 saturated carbocycles. The molecule has 0 aromatic heterocycles. The number of hydrogen-bond acceptors (Lipinski definition) is 0. The van der Waals surface area contributed by atoms with Gasteiger partial charge in [0.2, 0.25) is 0 Å². The largest absolute Gasteiger partial charge is 0.0654 e. The van der Waals surface area contributed by atoms with Crippen molar-refractivity contribution >= 4 is 0 Å². The summed E-state index contributed by atoms with van der Waals surface area (Å²) < 4.78 is 0. The number of hydrogen-bond donors (Lipinski definition) is 0. The van der Waals surface area contributed by atoms with Crippen LogP contribution in [0.5, 0.6) is 0 Å². The summed E-state index contributed by atoms with van der Waals surface area (Å²) >= 11 is 0. The van der Waals surface area contributed by atoms with Crippen LogP contribution in [0.2, 0.25) is 0 Å². The molecule has 0 heterocycles. The van der Waals surface area contributed by atoms with E-state index in [9.17, 15) is 0 Å². The first-order valence-electron chi connectivity index (χ1n) is 7.83. The van der Waals surface area contributed by atoms with Gasteiger partial charge in [0.05, 0.1) is 0 Å². The summed E-state index contributed by atoms with van der Waals surface area (Å²) in [6.45, 7) is 4.78. The van der Waals surface area contributed by atoms with Crippen molar-refractivity contribution in [2.45, 2.75) is 90.9 Å². The van der Waals surface area contributed by atoms with Gasteiger partial charge < -0.3 is 0 Å². The highest BCUT2D eigenvalue weighted by molar-refractivity contribution is 4.68. The first-order chi connectivity index (χ1) is 7.83. The molecule has 1 atom stereocenters. The van der Waals surface area contributed by atoms with Crippen molar-refractivity contribution < 1.29 is 0 Å². The molecule has 0 nitrogen and oxygen atoms in total. The SMILES string of the molecule is CCCCCCCC(C)CC1CCCCC1. The Morgan fingerprint density at radius 3 is 2.31 bits per heavy atom. The van der Waals surface area contributed by atoms with Crippen LogP contribution in [-0.4, -0.2) is 0 Å². The van der Waals surface area contributed by atoms with Crippen LogP contribution in [0.3, 0.4) is 0 Å². The van der Waals surface area contributed by atoms with E-state index in [0.29, 0.717) is 0 Å². The molecule has 0 heteroatoms. The van der Waals surface area contributed by atoms with Gasteiger partial charge in [-0.05, 0) is 18.3 Å². The van der Waals surface area contributed by atoms with Gasteiger partial charge in [0, 0.05) is 0 Å². The Bertz CT molecular complexity index is 144. The molecule has 0 spiro atoms. The van der Waals surface area contributed by atoms with E-state index < -0.39 is 0 Å². The predicted octanol–water partition coefficient (Wildman–Crippen LogP) is 5.95. The van der Waals surface area contributed by atoms with Crippen molar-refractivity contribution in [1.29, 1.82) is 0 Å². The van der Waals surface area contributed by atoms with Crippen molar-refractivity contribution in [3.05, 3.63) is 0 Å². The predicted molar refractivity (Wildman–Crippen MR) is 73.7 cm³/mol. The summed E-state index contributed by atoms with van der Waals surface area (Å²) in [7, 11) is 0. The lowest BCUT2D eigenvalue weighted by molar-refractivity contribution is 0.285. The van der Waals surface area contributed by atoms with Crippen LogP contribution in [0.15, 0.2) is 0 Å². The molecule has 1 unspecified atom stereocenters. The van der Waals surface area contributed by atoms with Crippen LogP contribution >= 0.6 is 0 Å². The van der Waals surface area contributed by atoms with Gasteiger partial charge in [-0.3, -0.25) is 0 Å². The molecule has 0 radical (unpaired) electrons. The average molecular weight is 224 g/mol. The van der Waals surface area contributed by atoms with Gasteiger partial charge in [0.15, 0.2) is 0 Å². The van der Waals surface area contributed by atoms with E-state index in [1.807, 2.05) is 0 Å². The van der Waals surface area contributed by atoms with Crippen LogP contribution in [0, 0.1) is 11.8 Å². The standard InChI is InChI=1S/C16H32/c1-3-4-5-6-8-11-15(2)14-16-12-9-7-10-13-16/h15-16H,3-14H2,1-2H3. The monoisotopic (exact) mass is 224 g/mol. The highest BCUT2D eigenvalue weighted by atomic mass is 14.2. The van der Waals surface area contributed by atoms with Crippen LogP contribution in [-0.2, 0) is 0 Å². The van der Waals surface area contributed by atoms with Crippen molar-refractivity contribution in [2.75, 3.05) is 0 Å². The molecule has 1 fully saturated rings. The smallest absolute Gasteiger partial charge is 0.0412 e. The minimum atomic E-state index is 0.990. The Hall–Kier alpha value is 0. The first kappa shape index (κ1) is 14.1. The van der Waals surface area contributed by atoms with E-state index in [4.69, 9.17) is 0 Å². The van der Waals surface area contributed by atoms with Gasteiger partial charge in [-0.25, -0.2) is 0 Å². The maximum Gasteiger partial charge on any atom is -0.0412 e. The summed E-state index contributed by atoms with van der Waals surface area (Å²) in [6.07, 6.45) is 17.8. The van der Waals surface area contributed by atoms with E-state index in [1.165, 1.54) is 77.0 Å². The lowest BCUT2D eigenvalue weighted by atomic mass is 9.82. The Balaban J connectivity index is 1.95. The number of rotatable bonds is 8. The van der Waals surface area contributed by atoms with E-state index in [-0.39, 0.29) is 0 Å². The molecule has 0 amide bonds. The highest BCUT2D eigenvalue weighted by Gasteiger charge is 2.15. The molecule has 16 heavy (non-hydrogen) atoms. The maximum absolute atomic E-state index is 2.48. The zero-order valence-corrected chi connectivity index (χ0v) is 11.6. The first-order valence-corrected chi connectivity index (χ1v) is 7.83. The van der Waals surface area contributed by atoms with Gasteiger partial charge in [-0.1, -0.05) is 84.5 Å². The third-order valence-electron chi connectivity index (χ3n) is 4.26. The summed E-state index contributed by atoms with van der Waals surface area (Å²) in [6, 6.07) is 0. The van der Waals surface area contributed by atoms with Crippen molar-refractivity contribution in [3.63, 3.8) is 0 Å². The van der Waals surface area contributed by atoms with Gasteiger partial charge >= 0.3 is 0 Å². The molecule has 0 aromatic carbocycles.